The van der Waals surface area contributed by atoms with Crippen LogP contribution in [-0.4, -0.2) is 37.5 Å². The van der Waals surface area contributed by atoms with Crippen molar-refractivity contribution >= 4 is 21.4 Å². The first-order valence-corrected chi connectivity index (χ1v) is 9.37. The Kier molecular flexibility index (Phi) is 5.89. The fourth-order valence-corrected chi connectivity index (χ4v) is 3.13. The highest BCUT2D eigenvalue weighted by atomic mass is 32.2. The number of hydrogen-bond donors (Lipinski definition) is 2. The van der Waals surface area contributed by atoms with Gasteiger partial charge in [-0.3, -0.25) is 0 Å². The standard InChI is InChI=1S/C18H16F2O5S/c1-26(24,25)13-5-2-11(3-6-13)17(15(8-9-21)18(22)23)14-7-4-12(19)10-16(14)20/h2-7,10,21H,8-9H2,1H3,(H,22,23). The summed E-state index contributed by atoms with van der Waals surface area (Å²) in [6, 6.07) is 7.93. The van der Waals surface area contributed by atoms with Crippen molar-refractivity contribution in [2.45, 2.75) is 11.3 Å². The minimum atomic E-state index is -3.47. The van der Waals surface area contributed by atoms with Gasteiger partial charge in [-0.2, -0.15) is 0 Å². The van der Waals surface area contributed by atoms with Crippen molar-refractivity contribution in [2.75, 3.05) is 12.9 Å². The molecule has 8 heteroatoms. The maximum Gasteiger partial charge on any atom is 0.332 e. The average Bonchev–Trinajstić information content (AvgIpc) is 2.55. The fraction of sp³-hybridized carbons (Fsp3) is 0.167. The number of rotatable bonds is 6. The third-order valence-electron chi connectivity index (χ3n) is 3.69. The predicted octanol–water partition coefficient (Wildman–Crippen LogP) is 2.64. The summed E-state index contributed by atoms with van der Waals surface area (Å²) in [5.41, 5.74) is -0.257. The molecule has 2 N–H and O–H groups in total. The van der Waals surface area contributed by atoms with Gasteiger partial charge in [0.2, 0.25) is 0 Å². The van der Waals surface area contributed by atoms with E-state index in [2.05, 4.69) is 0 Å². The van der Waals surface area contributed by atoms with Crippen molar-refractivity contribution in [3.8, 4) is 0 Å². The van der Waals surface area contributed by atoms with Crippen LogP contribution in [0.1, 0.15) is 17.5 Å². The molecule has 0 unspecified atom stereocenters. The molecule has 0 aliphatic carbocycles. The van der Waals surface area contributed by atoms with Gasteiger partial charge >= 0.3 is 5.97 Å². The molecule has 0 aromatic heterocycles. The van der Waals surface area contributed by atoms with Crippen molar-refractivity contribution in [1.29, 1.82) is 0 Å². The maximum absolute atomic E-state index is 14.3. The Balaban J connectivity index is 2.76. The van der Waals surface area contributed by atoms with Gasteiger partial charge in [0.1, 0.15) is 11.6 Å². The second-order valence-corrected chi connectivity index (χ2v) is 7.57. The molecule has 0 bridgehead atoms. The summed E-state index contributed by atoms with van der Waals surface area (Å²) in [4.78, 5) is 11.6. The number of benzene rings is 2. The first kappa shape index (κ1) is 19.7. The van der Waals surface area contributed by atoms with Gasteiger partial charge in [0.25, 0.3) is 0 Å². The topological polar surface area (TPSA) is 91.7 Å². The van der Waals surface area contributed by atoms with Crippen LogP contribution in [0, 0.1) is 11.6 Å². The minimum absolute atomic E-state index is 0.0132. The Morgan fingerprint density at radius 3 is 2.15 bits per heavy atom. The van der Waals surface area contributed by atoms with E-state index in [4.69, 9.17) is 5.11 Å². The second-order valence-electron chi connectivity index (χ2n) is 5.55. The van der Waals surface area contributed by atoms with E-state index in [0.717, 1.165) is 18.4 Å². The average molecular weight is 382 g/mol. The van der Waals surface area contributed by atoms with Crippen LogP contribution >= 0.6 is 0 Å². The number of hydrogen-bond acceptors (Lipinski definition) is 4. The quantitative estimate of drug-likeness (QED) is 0.750. The third kappa shape index (κ3) is 4.33. The highest BCUT2D eigenvalue weighted by molar-refractivity contribution is 7.90. The molecule has 0 fully saturated rings. The van der Waals surface area contributed by atoms with Gasteiger partial charge in [0, 0.05) is 42.1 Å². The summed E-state index contributed by atoms with van der Waals surface area (Å²) < 4.78 is 50.7. The molecule has 0 heterocycles. The predicted molar refractivity (Wildman–Crippen MR) is 91.3 cm³/mol. The zero-order chi connectivity index (χ0) is 19.5. The highest BCUT2D eigenvalue weighted by Crippen LogP contribution is 2.31. The van der Waals surface area contributed by atoms with Gasteiger partial charge in [0.15, 0.2) is 9.84 Å². The van der Waals surface area contributed by atoms with E-state index >= 15 is 0 Å². The zero-order valence-electron chi connectivity index (χ0n) is 13.7. The van der Waals surface area contributed by atoms with Crippen LogP contribution in [0.2, 0.25) is 0 Å². The van der Waals surface area contributed by atoms with E-state index in [9.17, 15) is 27.1 Å². The van der Waals surface area contributed by atoms with E-state index in [1.807, 2.05) is 0 Å². The molecule has 5 nitrogen and oxygen atoms in total. The Morgan fingerprint density at radius 2 is 1.69 bits per heavy atom. The number of carbonyl (C=O) groups is 1. The minimum Gasteiger partial charge on any atom is -0.478 e. The SMILES string of the molecule is CS(=O)(=O)c1ccc(C(=C(CCO)C(=O)O)c2ccc(F)cc2F)cc1. The Hall–Kier alpha value is -2.58. The highest BCUT2D eigenvalue weighted by Gasteiger charge is 2.21. The van der Waals surface area contributed by atoms with Crippen LogP contribution in [-0.2, 0) is 14.6 Å². The third-order valence-corrected chi connectivity index (χ3v) is 4.82. The van der Waals surface area contributed by atoms with E-state index in [1.165, 1.54) is 24.3 Å². The van der Waals surface area contributed by atoms with Gasteiger partial charge in [-0.05, 0) is 29.8 Å². The molecular weight excluding hydrogens is 366 g/mol. The smallest absolute Gasteiger partial charge is 0.332 e. The molecule has 0 radical (unpaired) electrons. The van der Waals surface area contributed by atoms with Crippen molar-refractivity contribution < 1.29 is 32.2 Å². The van der Waals surface area contributed by atoms with Crippen LogP contribution < -0.4 is 0 Å². The molecule has 0 atom stereocenters. The molecule has 0 amide bonds. The molecule has 0 aliphatic heterocycles. The lowest BCUT2D eigenvalue weighted by molar-refractivity contribution is -0.132. The van der Waals surface area contributed by atoms with Gasteiger partial charge in [-0.25, -0.2) is 22.0 Å². The maximum atomic E-state index is 14.3. The summed E-state index contributed by atoms with van der Waals surface area (Å²) in [5.74, 6) is -3.16. The number of aliphatic hydroxyl groups excluding tert-OH is 1. The molecule has 0 saturated heterocycles. The van der Waals surface area contributed by atoms with Gasteiger partial charge in [-0.15, -0.1) is 0 Å². The molecule has 26 heavy (non-hydrogen) atoms. The Morgan fingerprint density at radius 1 is 1.08 bits per heavy atom. The van der Waals surface area contributed by atoms with Crippen molar-refractivity contribution in [1.82, 2.24) is 0 Å². The summed E-state index contributed by atoms with van der Waals surface area (Å²) >= 11 is 0. The first-order valence-electron chi connectivity index (χ1n) is 7.48. The van der Waals surface area contributed by atoms with E-state index in [1.54, 1.807) is 0 Å². The van der Waals surface area contributed by atoms with E-state index < -0.39 is 34.0 Å². The Bertz CT molecular complexity index is 964. The molecule has 2 aromatic carbocycles. The van der Waals surface area contributed by atoms with Gasteiger partial charge < -0.3 is 10.2 Å². The van der Waals surface area contributed by atoms with Crippen LogP contribution in [0.4, 0.5) is 8.78 Å². The zero-order valence-corrected chi connectivity index (χ0v) is 14.6. The second kappa shape index (κ2) is 7.76. The molecular formula is C18H16F2O5S. The number of carboxylic acids is 1. The number of carboxylic acid groups (broad SMARTS) is 1. The lowest BCUT2D eigenvalue weighted by Gasteiger charge is -2.14. The molecule has 0 aliphatic rings. The Labute approximate surface area is 149 Å². The van der Waals surface area contributed by atoms with E-state index in [-0.39, 0.29) is 33.6 Å². The van der Waals surface area contributed by atoms with Crippen LogP contribution in [0.3, 0.4) is 0 Å². The van der Waals surface area contributed by atoms with Crippen LogP contribution in [0.25, 0.3) is 5.57 Å². The lowest BCUT2D eigenvalue weighted by Crippen LogP contribution is -2.09. The number of aliphatic carboxylic acids is 1. The van der Waals surface area contributed by atoms with Crippen molar-refractivity contribution in [2.24, 2.45) is 0 Å². The number of aliphatic hydroxyl groups is 1. The van der Waals surface area contributed by atoms with E-state index in [0.29, 0.717) is 6.07 Å². The monoisotopic (exact) mass is 382 g/mol. The van der Waals surface area contributed by atoms with Crippen molar-refractivity contribution in [3.63, 3.8) is 0 Å². The summed E-state index contributed by atoms with van der Waals surface area (Å²) in [7, 11) is -3.47. The normalized spacial score (nSPS) is 12.6. The van der Waals surface area contributed by atoms with Crippen LogP contribution in [0.15, 0.2) is 52.9 Å². The molecule has 2 aromatic rings. The number of sulfone groups is 1. The summed E-state index contributed by atoms with van der Waals surface area (Å²) in [6.45, 7) is -0.491. The first-order chi connectivity index (χ1) is 12.1. The molecule has 0 saturated carbocycles. The summed E-state index contributed by atoms with van der Waals surface area (Å²) in [5, 5.41) is 18.6. The van der Waals surface area contributed by atoms with Gasteiger partial charge in [-0.1, -0.05) is 12.1 Å². The summed E-state index contributed by atoms with van der Waals surface area (Å²) in [6.07, 6.45) is 0.752. The number of halogens is 2. The largest absolute Gasteiger partial charge is 0.478 e. The fourth-order valence-electron chi connectivity index (χ4n) is 2.50. The lowest BCUT2D eigenvalue weighted by atomic mass is 9.91. The van der Waals surface area contributed by atoms with Crippen LogP contribution in [0.5, 0.6) is 0 Å². The van der Waals surface area contributed by atoms with Crippen molar-refractivity contribution in [3.05, 3.63) is 70.8 Å². The van der Waals surface area contributed by atoms with Gasteiger partial charge in [0.05, 0.1) is 4.90 Å². The molecule has 0 spiro atoms. The molecule has 2 rings (SSSR count). The molecule has 138 valence electrons.